The van der Waals surface area contributed by atoms with Gasteiger partial charge in [0.25, 0.3) is 0 Å². The van der Waals surface area contributed by atoms with Gasteiger partial charge in [0.1, 0.15) is 5.75 Å². The Hall–Kier alpha value is -3.67. The number of esters is 1. The SMILES string of the molecule is COC(=O)c1ccccc1CCC(O)c1cccc(O[Si](c2ccccc2)(c2ccccc2)C(C)(C)C)c1. The van der Waals surface area contributed by atoms with Gasteiger partial charge in [-0.1, -0.05) is 112 Å². The van der Waals surface area contributed by atoms with Crippen molar-refractivity contribution in [3.8, 4) is 5.75 Å². The highest BCUT2D eigenvalue weighted by molar-refractivity contribution is 7.00. The van der Waals surface area contributed by atoms with E-state index in [9.17, 15) is 9.90 Å². The molecule has 0 aliphatic carbocycles. The second-order valence-corrected chi connectivity index (χ2v) is 14.8. The van der Waals surface area contributed by atoms with E-state index in [0.29, 0.717) is 18.4 Å². The molecular weight excluding hydrogens is 488 g/mol. The average Bonchev–Trinajstić information content (AvgIpc) is 2.94. The topological polar surface area (TPSA) is 55.8 Å². The molecule has 0 amide bonds. The van der Waals surface area contributed by atoms with Crippen LogP contribution in [0.4, 0.5) is 0 Å². The van der Waals surface area contributed by atoms with Crippen LogP contribution in [0.5, 0.6) is 5.75 Å². The van der Waals surface area contributed by atoms with Gasteiger partial charge in [-0.2, -0.15) is 0 Å². The molecule has 5 heteroatoms. The molecule has 1 unspecified atom stereocenters. The van der Waals surface area contributed by atoms with Crippen molar-refractivity contribution in [2.24, 2.45) is 0 Å². The minimum atomic E-state index is -2.78. The van der Waals surface area contributed by atoms with Crippen molar-refractivity contribution in [3.05, 3.63) is 126 Å². The summed E-state index contributed by atoms with van der Waals surface area (Å²) in [5.41, 5.74) is 2.18. The molecule has 0 saturated carbocycles. The maximum atomic E-state index is 12.1. The monoisotopic (exact) mass is 524 g/mol. The molecule has 0 aliphatic rings. The summed E-state index contributed by atoms with van der Waals surface area (Å²) in [5, 5.41) is 13.4. The van der Waals surface area contributed by atoms with E-state index in [-0.39, 0.29) is 11.0 Å². The second kappa shape index (κ2) is 11.8. The summed E-state index contributed by atoms with van der Waals surface area (Å²) >= 11 is 0. The number of ether oxygens (including phenoxy) is 1. The summed E-state index contributed by atoms with van der Waals surface area (Å²) in [7, 11) is -1.40. The molecule has 0 bridgehead atoms. The van der Waals surface area contributed by atoms with Crippen molar-refractivity contribution in [1.29, 1.82) is 0 Å². The van der Waals surface area contributed by atoms with E-state index in [4.69, 9.17) is 9.16 Å². The van der Waals surface area contributed by atoms with E-state index in [1.807, 2.05) is 54.6 Å². The molecule has 4 nitrogen and oxygen atoms in total. The zero-order chi connectivity index (χ0) is 27.2. The van der Waals surface area contributed by atoms with Crippen LogP contribution >= 0.6 is 0 Å². The van der Waals surface area contributed by atoms with Gasteiger partial charge in [-0.3, -0.25) is 0 Å². The van der Waals surface area contributed by atoms with Crippen molar-refractivity contribution in [1.82, 2.24) is 0 Å². The number of methoxy groups -OCH3 is 1. The number of aryl methyl sites for hydroxylation is 1. The molecule has 0 saturated heterocycles. The van der Waals surface area contributed by atoms with Crippen molar-refractivity contribution in [2.75, 3.05) is 7.11 Å². The fourth-order valence-corrected chi connectivity index (χ4v) is 9.53. The third-order valence-corrected chi connectivity index (χ3v) is 12.0. The Labute approximate surface area is 227 Å². The second-order valence-electron chi connectivity index (χ2n) is 10.5. The molecule has 0 heterocycles. The molecule has 1 atom stereocenters. The number of carbonyl (C=O) groups is 1. The lowest BCUT2D eigenvalue weighted by Gasteiger charge is -2.43. The van der Waals surface area contributed by atoms with Gasteiger partial charge in [-0.05, 0) is 57.6 Å². The standard InChI is InChI=1S/C33H36O4Si/c1-33(2,3)38(28-17-7-5-8-18-28,29-19-9-6-10-20-29)37-27-16-13-15-26(24-27)31(34)23-22-25-14-11-12-21-30(25)32(35)36-4/h5-21,24,31,34H,22-23H2,1-4H3. The van der Waals surface area contributed by atoms with Gasteiger partial charge in [-0.25, -0.2) is 4.79 Å². The third-order valence-electron chi connectivity index (χ3n) is 7.04. The van der Waals surface area contributed by atoms with Crippen molar-refractivity contribution in [3.63, 3.8) is 0 Å². The van der Waals surface area contributed by atoms with Crippen LogP contribution in [0.25, 0.3) is 0 Å². The molecule has 0 radical (unpaired) electrons. The Bertz CT molecular complexity index is 1310. The van der Waals surface area contributed by atoms with Crippen molar-refractivity contribution in [2.45, 2.75) is 44.8 Å². The molecule has 0 spiro atoms. The van der Waals surface area contributed by atoms with Gasteiger partial charge in [0.05, 0.1) is 18.8 Å². The predicted molar refractivity (Wildman–Crippen MR) is 156 cm³/mol. The van der Waals surface area contributed by atoms with Crippen LogP contribution in [-0.2, 0) is 11.2 Å². The number of rotatable bonds is 9. The fourth-order valence-electron chi connectivity index (χ4n) is 5.12. The molecule has 0 fully saturated rings. The van der Waals surface area contributed by atoms with Gasteiger partial charge < -0.3 is 14.3 Å². The predicted octanol–water partition coefficient (Wildman–Crippen LogP) is 6.08. The van der Waals surface area contributed by atoms with Gasteiger partial charge in [0, 0.05) is 0 Å². The number of aliphatic hydroxyl groups excluding tert-OH is 1. The number of benzene rings is 4. The Balaban J connectivity index is 1.65. The van der Waals surface area contributed by atoms with Crippen molar-refractivity contribution < 1.29 is 19.1 Å². The molecule has 38 heavy (non-hydrogen) atoms. The lowest BCUT2D eigenvalue weighted by atomic mass is 9.98. The molecule has 0 aromatic heterocycles. The normalized spacial score (nSPS) is 12.6. The maximum absolute atomic E-state index is 12.1. The first-order chi connectivity index (χ1) is 18.3. The van der Waals surface area contributed by atoms with Crippen LogP contribution in [0.2, 0.25) is 5.04 Å². The number of aliphatic hydroxyl groups is 1. The summed E-state index contributed by atoms with van der Waals surface area (Å²) in [5.74, 6) is 0.376. The molecule has 4 aromatic rings. The summed E-state index contributed by atoms with van der Waals surface area (Å²) in [6.07, 6.45) is 0.312. The van der Waals surface area contributed by atoms with Gasteiger partial charge in [-0.15, -0.1) is 0 Å². The molecule has 0 aliphatic heterocycles. The van der Waals surface area contributed by atoms with E-state index in [1.165, 1.54) is 17.5 Å². The van der Waals surface area contributed by atoms with Crippen LogP contribution in [0, 0.1) is 0 Å². The molecule has 1 N–H and O–H groups in total. The Kier molecular flexibility index (Phi) is 8.50. The smallest absolute Gasteiger partial charge is 0.338 e. The first kappa shape index (κ1) is 27.4. The fraction of sp³-hybridized carbons (Fsp3) is 0.242. The highest BCUT2D eigenvalue weighted by atomic mass is 28.4. The van der Waals surface area contributed by atoms with Crippen LogP contribution in [0.15, 0.2) is 109 Å². The highest BCUT2D eigenvalue weighted by Crippen LogP contribution is 2.38. The lowest BCUT2D eigenvalue weighted by Crippen LogP contribution is -2.68. The summed E-state index contributed by atoms with van der Waals surface area (Å²) in [6.45, 7) is 6.74. The van der Waals surface area contributed by atoms with E-state index in [0.717, 1.165) is 16.9 Å². The number of hydrogen-bond donors (Lipinski definition) is 1. The Morgan fingerprint density at radius 1 is 0.816 bits per heavy atom. The van der Waals surface area contributed by atoms with Gasteiger partial charge in [0.2, 0.25) is 0 Å². The quantitative estimate of drug-likeness (QED) is 0.213. The molecular formula is C33H36O4Si. The third kappa shape index (κ3) is 5.74. The van der Waals surface area contributed by atoms with Crippen molar-refractivity contribution >= 4 is 24.7 Å². The van der Waals surface area contributed by atoms with Crippen LogP contribution in [0.3, 0.4) is 0 Å². The number of hydrogen-bond acceptors (Lipinski definition) is 4. The average molecular weight is 525 g/mol. The van der Waals surface area contributed by atoms with Gasteiger partial charge >= 0.3 is 14.3 Å². The molecule has 4 aromatic carbocycles. The minimum Gasteiger partial charge on any atom is -0.534 e. The van der Waals surface area contributed by atoms with E-state index >= 15 is 0 Å². The Morgan fingerprint density at radius 3 is 1.97 bits per heavy atom. The zero-order valence-corrected chi connectivity index (χ0v) is 23.6. The summed E-state index contributed by atoms with van der Waals surface area (Å²) in [6, 6.07) is 36.2. The molecule has 4 rings (SSSR count). The highest BCUT2D eigenvalue weighted by Gasteiger charge is 2.52. The number of carbonyl (C=O) groups excluding carboxylic acids is 1. The van der Waals surface area contributed by atoms with Crippen LogP contribution in [0.1, 0.15) is 54.8 Å². The summed E-state index contributed by atoms with van der Waals surface area (Å²) in [4.78, 5) is 12.1. The summed E-state index contributed by atoms with van der Waals surface area (Å²) < 4.78 is 12.0. The van der Waals surface area contributed by atoms with E-state index in [1.54, 1.807) is 6.07 Å². The lowest BCUT2D eigenvalue weighted by molar-refractivity contribution is 0.0599. The van der Waals surface area contributed by atoms with E-state index in [2.05, 4.69) is 69.3 Å². The molecule has 196 valence electrons. The Morgan fingerprint density at radius 2 is 1.39 bits per heavy atom. The van der Waals surface area contributed by atoms with Crippen LogP contribution in [-0.4, -0.2) is 26.5 Å². The first-order valence-electron chi connectivity index (χ1n) is 13.0. The zero-order valence-electron chi connectivity index (χ0n) is 22.6. The minimum absolute atomic E-state index is 0.165. The van der Waals surface area contributed by atoms with E-state index < -0.39 is 14.4 Å². The first-order valence-corrected chi connectivity index (χ1v) is 14.9. The van der Waals surface area contributed by atoms with Gasteiger partial charge in [0.15, 0.2) is 0 Å². The maximum Gasteiger partial charge on any atom is 0.338 e. The van der Waals surface area contributed by atoms with Crippen LogP contribution < -0.4 is 14.8 Å². The largest absolute Gasteiger partial charge is 0.534 e.